The van der Waals surface area contributed by atoms with Gasteiger partial charge in [-0.15, -0.1) is 0 Å². The van der Waals surface area contributed by atoms with E-state index in [2.05, 4.69) is 0 Å². The van der Waals surface area contributed by atoms with Crippen LogP contribution in [0.2, 0.25) is 0 Å². The van der Waals surface area contributed by atoms with Crippen LogP contribution in [0.4, 0.5) is 8.78 Å². The van der Waals surface area contributed by atoms with Crippen molar-refractivity contribution in [1.82, 2.24) is 0 Å². The topological polar surface area (TPSA) is 17.1 Å². The van der Waals surface area contributed by atoms with Crippen LogP contribution < -0.4 is 0 Å². The number of hydrogen-bond acceptors (Lipinski definition) is 1. The molecule has 0 heterocycles. The smallest absolute Gasteiger partial charge is 0.222 e. The molecule has 2 aromatic rings. The molecule has 1 atom stereocenters. The Morgan fingerprint density at radius 2 is 1.70 bits per heavy atom. The first kappa shape index (κ1) is 14.7. The van der Waals surface area contributed by atoms with Gasteiger partial charge in [0.2, 0.25) is 5.24 Å². The quantitative estimate of drug-likeness (QED) is 0.756. The number of carbonyl (C=O) groups is 1. The average molecular weight is 295 g/mol. The minimum Gasteiger partial charge on any atom is -0.281 e. The molecule has 0 aliphatic carbocycles. The van der Waals surface area contributed by atoms with Gasteiger partial charge in [0.25, 0.3) is 0 Å². The molecule has 0 fully saturated rings. The van der Waals surface area contributed by atoms with Gasteiger partial charge in [0.1, 0.15) is 11.6 Å². The summed E-state index contributed by atoms with van der Waals surface area (Å²) in [5, 5.41) is -0.485. The summed E-state index contributed by atoms with van der Waals surface area (Å²) in [6, 6.07) is 10.5. The Labute approximate surface area is 121 Å². The molecular weight excluding hydrogens is 282 g/mol. The van der Waals surface area contributed by atoms with Crippen LogP contribution in [-0.4, -0.2) is 5.24 Å². The summed E-state index contributed by atoms with van der Waals surface area (Å²) in [6.45, 7) is 1.66. The fourth-order valence-corrected chi connectivity index (χ4v) is 2.32. The predicted molar refractivity (Wildman–Crippen MR) is 74.9 cm³/mol. The summed E-state index contributed by atoms with van der Waals surface area (Å²) in [5.74, 6) is -0.955. The lowest BCUT2D eigenvalue weighted by Crippen LogP contribution is -2.06. The Bertz CT molecular complexity index is 623. The van der Waals surface area contributed by atoms with Gasteiger partial charge in [0, 0.05) is 12.3 Å². The summed E-state index contributed by atoms with van der Waals surface area (Å²) in [7, 11) is 0. The molecule has 0 aliphatic heterocycles. The van der Waals surface area contributed by atoms with Crippen molar-refractivity contribution in [3.05, 3.63) is 70.8 Å². The van der Waals surface area contributed by atoms with Gasteiger partial charge in [-0.25, -0.2) is 8.78 Å². The van der Waals surface area contributed by atoms with Crippen molar-refractivity contribution in [2.24, 2.45) is 0 Å². The molecular formula is C16H13ClF2O. The zero-order chi connectivity index (χ0) is 14.7. The molecule has 2 aromatic carbocycles. The predicted octanol–water partition coefficient (Wildman–Crippen LogP) is 4.56. The highest BCUT2D eigenvalue weighted by Crippen LogP contribution is 2.30. The van der Waals surface area contributed by atoms with Crippen molar-refractivity contribution in [1.29, 1.82) is 0 Å². The highest BCUT2D eigenvalue weighted by molar-refractivity contribution is 6.63. The van der Waals surface area contributed by atoms with Crippen LogP contribution in [0.25, 0.3) is 0 Å². The van der Waals surface area contributed by atoms with E-state index >= 15 is 0 Å². The second-order valence-electron chi connectivity index (χ2n) is 4.67. The first-order valence-electron chi connectivity index (χ1n) is 6.17. The van der Waals surface area contributed by atoms with Crippen LogP contribution in [0.5, 0.6) is 0 Å². The number of carbonyl (C=O) groups excluding carboxylic acids is 1. The molecule has 0 bridgehead atoms. The SMILES string of the molecule is Cc1cc(C(CC(=O)Cl)c2ccc(F)cc2)ccc1F. The van der Waals surface area contributed by atoms with Crippen LogP contribution >= 0.6 is 11.6 Å². The summed E-state index contributed by atoms with van der Waals surface area (Å²) in [5.41, 5.74) is 2.05. The molecule has 0 aliphatic rings. The largest absolute Gasteiger partial charge is 0.281 e. The van der Waals surface area contributed by atoms with E-state index in [9.17, 15) is 13.6 Å². The third-order valence-electron chi connectivity index (χ3n) is 3.22. The monoisotopic (exact) mass is 294 g/mol. The summed E-state index contributed by atoms with van der Waals surface area (Å²) in [4.78, 5) is 11.2. The Balaban J connectivity index is 2.43. The molecule has 0 aromatic heterocycles. The van der Waals surface area contributed by atoms with Crippen LogP contribution in [0, 0.1) is 18.6 Å². The first-order valence-corrected chi connectivity index (χ1v) is 6.55. The lowest BCUT2D eigenvalue weighted by molar-refractivity contribution is -0.111. The van der Waals surface area contributed by atoms with Gasteiger partial charge < -0.3 is 0 Å². The van der Waals surface area contributed by atoms with E-state index in [0.717, 1.165) is 11.1 Å². The Morgan fingerprint density at radius 1 is 1.10 bits per heavy atom. The second kappa shape index (κ2) is 6.14. The van der Waals surface area contributed by atoms with Crippen LogP contribution in [0.1, 0.15) is 29.0 Å². The van der Waals surface area contributed by atoms with Gasteiger partial charge in [-0.2, -0.15) is 0 Å². The highest BCUT2D eigenvalue weighted by Gasteiger charge is 2.18. The summed E-state index contributed by atoms with van der Waals surface area (Å²) >= 11 is 5.49. The van der Waals surface area contributed by atoms with Crippen LogP contribution in [0.3, 0.4) is 0 Å². The van der Waals surface area contributed by atoms with E-state index in [4.69, 9.17) is 11.6 Å². The summed E-state index contributed by atoms with van der Waals surface area (Å²) < 4.78 is 26.3. The van der Waals surface area contributed by atoms with E-state index in [1.807, 2.05) is 0 Å². The molecule has 1 nitrogen and oxygen atoms in total. The number of rotatable bonds is 4. The Morgan fingerprint density at radius 3 is 2.25 bits per heavy atom. The molecule has 0 radical (unpaired) electrons. The third-order valence-corrected chi connectivity index (χ3v) is 3.38. The minimum absolute atomic E-state index is 0.0816. The van der Waals surface area contributed by atoms with E-state index in [0.29, 0.717) is 5.56 Å². The van der Waals surface area contributed by atoms with Crippen molar-refractivity contribution >= 4 is 16.8 Å². The normalized spacial score (nSPS) is 12.2. The van der Waals surface area contributed by atoms with Crippen molar-refractivity contribution in [2.45, 2.75) is 19.3 Å². The van der Waals surface area contributed by atoms with E-state index in [1.165, 1.54) is 18.2 Å². The molecule has 2 rings (SSSR count). The van der Waals surface area contributed by atoms with E-state index in [1.54, 1.807) is 31.2 Å². The number of benzene rings is 2. The van der Waals surface area contributed by atoms with Crippen molar-refractivity contribution in [3.8, 4) is 0 Å². The molecule has 0 N–H and O–H groups in total. The lowest BCUT2D eigenvalue weighted by Gasteiger charge is -2.17. The number of hydrogen-bond donors (Lipinski definition) is 0. The maximum absolute atomic E-state index is 13.3. The molecule has 1 unspecified atom stereocenters. The maximum atomic E-state index is 13.3. The standard InChI is InChI=1S/C16H13ClF2O/c1-10-8-12(4-7-15(10)19)14(9-16(17)20)11-2-5-13(18)6-3-11/h2-8,14H,9H2,1H3. The fraction of sp³-hybridized carbons (Fsp3) is 0.188. The average Bonchev–Trinajstić information content (AvgIpc) is 2.40. The van der Waals surface area contributed by atoms with Gasteiger partial charge >= 0.3 is 0 Å². The Kier molecular flexibility index (Phi) is 4.50. The van der Waals surface area contributed by atoms with Crippen LogP contribution in [0.15, 0.2) is 42.5 Å². The van der Waals surface area contributed by atoms with Gasteiger partial charge in [-0.05, 0) is 53.4 Å². The molecule has 0 amide bonds. The molecule has 0 saturated heterocycles. The van der Waals surface area contributed by atoms with Crippen molar-refractivity contribution < 1.29 is 13.6 Å². The van der Waals surface area contributed by atoms with E-state index in [-0.39, 0.29) is 24.0 Å². The number of halogens is 3. The van der Waals surface area contributed by atoms with Gasteiger partial charge in [0.05, 0.1) is 0 Å². The minimum atomic E-state index is -0.485. The maximum Gasteiger partial charge on any atom is 0.222 e. The molecule has 4 heteroatoms. The Hall–Kier alpha value is -1.74. The lowest BCUT2D eigenvalue weighted by atomic mass is 9.88. The van der Waals surface area contributed by atoms with Crippen LogP contribution in [-0.2, 0) is 4.79 Å². The summed E-state index contributed by atoms with van der Waals surface area (Å²) in [6.07, 6.45) is 0.0816. The molecule has 104 valence electrons. The third kappa shape index (κ3) is 3.42. The zero-order valence-corrected chi connectivity index (χ0v) is 11.6. The van der Waals surface area contributed by atoms with Crippen molar-refractivity contribution in [3.63, 3.8) is 0 Å². The fourth-order valence-electron chi connectivity index (χ4n) is 2.17. The second-order valence-corrected chi connectivity index (χ2v) is 5.09. The first-order chi connectivity index (χ1) is 9.47. The molecule has 0 spiro atoms. The zero-order valence-electron chi connectivity index (χ0n) is 10.9. The highest BCUT2D eigenvalue weighted by atomic mass is 35.5. The van der Waals surface area contributed by atoms with Gasteiger partial charge in [0.15, 0.2) is 0 Å². The van der Waals surface area contributed by atoms with Gasteiger partial charge in [-0.3, -0.25) is 4.79 Å². The molecule has 0 saturated carbocycles. The van der Waals surface area contributed by atoms with Crippen molar-refractivity contribution in [2.75, 3.05) is 0 Å². The molecule has 20 heavy (non-hydrogen) atoms. The van der Waals surface area contributed by atoms with E-state index < -0.39 is 5.24 Å². The van der Waals surface area contributed by atoms with Gasteiger partial charge in [-0.1, -0.05) is 24.3 Å². The number of aryl methyl sites for hydroxylation is 1.